The number of hydrogen-bond donors (Lipinski definition) is 1. The van der Waals surface area contributed by atoms with E-state index in [2.05, 4.69) is 29.2 Å². The Balaban J connectivity index is 1.92. The van der Waals surface area contributed by atoms with Gasteiger partial charge >= 0.3 is 0 Å². The van der Waals surface area contributed by atoms with E-state index >= 15 is 0 Å². The van der Waals surface area contributed by atoms with Crippen LogP contribution in [0.4, 0.5) is 0 Å². The molecule has 1 atom stereocenters. The number of benzene rings is 2. The number of hydrogen-bond acceptors (Lipinski definition) is 3. The van der Waals surface area contributed by atoms with Gasteiger partial charge in [0.2, 0.25) is 5.88 Å². The fourth-order valence-corrected chi connectivity index (χ4v) is 2.59. The van der Waals surface area contributed by atoms with Crippen LogP contribution in [0.1, 0.15) is 17.3 Å². The smallest absolute Gasteiger partial charge is 0.213 e. The molecule has 1 aromatic heterocycles. The average Bonchev–Trinajstić information content (AvgIpc) is 2.63. The summed E-state index contributed by atoms with van der Waals surface area (Å²) < 4.78 is 5.35. The Hall–Kier alpha value is -2.65. The Bertz CT molecular complexity index is 757. The van der Waals surface area contributed by atoms with Gasteiger partial charge in [0.15, 0.2) is 0 Å². The summed E-state index contributed by atoms with van der Waals surface area (Å²) in [7, 11) is 1.63. The van der Waals surface area contributed by atoms with Crippen molar-refractivity contribution in [2.45, 2.75) is 12.5 Å². The van der Waals surface area contributed by atoms with Crippen LogP contribution < -0.4 is 10.5 Å². The lowest BCUT2D eigenvalue weighted by atomic mass is 10.00. The number of nitrogens with zero attached hydrogens (tertiary/aromatic N) is 1. The number of ether oxygens (including phenoxy) is 1. The Morgan fingerprint density at radius 1 is 0.913 bits per heavy atom. The highest BCUT2D eigenvalue weighted by Gasteiger charge is 2.12. The van der Waals surface area contributed by atoms with Crippen molar-refractivity contribution in [3.63, 3.8) is 0 Å². The van der Waals surface area contributed by atoms with Gasteiger partial charge in [0.05, 0.1) is 18.8 Å². The molecule has 0 spiro atoms. The maximum Gasteiger partial charge on any atom is 0.213 e. The first kappa shape index (κ1) is 15.3. The summed E-state index contributed by atoms with van der Waals surface area (Å²) in [5, 5.41) is 0. The predicted octanol–water partition coefficient (Wildman–Crippen LogP) is 4.00. The first-order valence-corrected chi connectivity index (χ1v) is 7.67. The second kappa shape index (κ2) is 7.07. The molecule has 1 heterocycles. The van der Waals surface area contributed by atoms with Crippen LogP contribution in [0.15, 0.2) is 72.8 Å². The van der Waals surface area contributed by atoms with E-state index in [9.17, 15) is 0 Å². The van der Waals surface area contributed by atoms with Gasteiger partial charge in [-0.05, 0) is 29.2 Å². The Morgan fingerprint density at radius 3 is 2.22 bits per heavy atom. The number of rotatable bonds is 5. The van der Waals surface area contributed by atoms with E-state index in [1.807, 2.05) is 48.5 Å². The van der Waals surface area contributed by atoms with Gasteiger partial charge in [0, 0.05) is 6.07 Å². The molecule has 2 aromatic carbocycles. The lowest BCUT2D eigenvalue weighted by Gasteiger charge is -2.14. The van der Waals surface area contributed by atoms with Crippen LogP contribution in [0.25, 0.3) is 11.1 Å². The van der Waals surface area contributed by atoms with E-state index in [0.29, 0.717) is 5.88 Å². The molecule has 0 aliphatic heterocycles. The van der Waals surface area contributed by atoms with E-state index in [1.165, 1.54) is 5.56 Å². The molecule has 0 aliphatic carbocycles. The first-order chi connectivity index (χ1) is 11.3. The van der Waals surface area contributed by atoms with Crippen LogP contribution in [0.3, 0.4) is 0 Å². The summed E-state index contributed by atoms with van der Waals surface area (Å²) in [6, 6.07) is 24.2. The second-order valence-corrected chi connectivity index (χ2v) is 5.49. The van der Waals surface area contributed by atoms with Gasteiger partial charge in [-0.15, -0.1) is 0 Å². The van der Waals surface area contributed by atoms with Crippen LogP contribution in [0.2, 0.25) is 0 Å². The van der Waals surface area contributed by atoms with E-state index in [4.69, 9.17) is 10.5 Å². The summed E-state index contributed by atoms with van der Waals surface area (Å²) in [6.07, 6.45) is 0.745. The Kier molecular flexibility index (Phi) is 4.69. The largest absolute Gasteiger partial charge is 0.481 e. The quantitative estimate of drug-likeness (QED) is 0.775. The summed E-state index contributed by atoms with van der Waals surface area (Å²) in [6.45, 7) is 0. The zero-order valence-corrected chi connectivity index (χ0v) is 13.1. The van der Waals surface area contributed by atoms with E-state index in [-0.39, 0.29) is 6.04 Å². The topological polar surface area (TPSA) is 48.1 Å². The fourth-order valence-electron chi connectivity index (χ4n) is 2.59. The van der Waals surface area contributed by atoms with Crippen LogP contribution in [-0.4, -0.2) is 12.1 Å². The van der Waals surface area contributed by atoms with E-state index in [1.54, 1.807) is 7.11 Å². The molecule has 0 saturated carbocycles. The third-order valence-corrected chi connectivity index (χ3v) is 3.82. The van der Waals surface area contributed by atoms with Gasteiger partial charge in [-0.25, -0.2) is 4.98 Å². The molecular formula is C20H20N2O. The van der Waals surface area contributed by atoms with Crippen molar-refractivity contribution in [3.05, 3.63) is 84.1 Å². The molecule has 0 fully saturated rings. The van der Waals surface area contributed by atoms with Crippen molar-refractivity contribution in [1.29, 1.82) is 0 Å². The number of methoxy groups -OCH3 is 1. The van der Waals surface area contributed by atoms with Gasteiger partial charge in [0.1, 0.15) is 0 Å². The fraction of sp³-hybridized carbons (Fsp3) is 0.150. The minimum absolute atomic E-state index is 0.171. The maximum atomic E-state index is 6.38. The van der Waals surface area contributed by atoms with Gasteiger partial charge in [-0.1, -0.05) is 60.7 Å². The zero-order chi connectivity index (χ0) is 16.1. The van der Waals surface area contributed by atoms with Gasteiger partial charge in [-0.3, -0.25) is 0 Å². The molecule has 0 aliphatic rings. The third kappa shape index (κ3) is 3.76. The predicted molar refractivity (Wildman–Crippen MR) is 93.3 cm³/mol. The molecule has 3 rings (SSSR count). The zero-order valence-electron chi connectivity index (χ0n) is 13.1. The number of aromatic nitrogens is 1. The van der Waals surface area contributed by atoms with Gasteiger partial charge < -0.3 is 10.5 Å². The third-order valence-electron chi connectivity index (χ3n) is 3.82. The minimum Gasteiger partial charge on any atom is -0.481 e. The van der Waals surface area contributed by atoms with Crippen molar-refractivity contribution >= 4 is 0 Å². The van der Waals surface area contributed by atoms with Crippen molar-refractivity contribution in [2.24, 2.45) is 5.73 Å². The molecule has 3 nitrogen and oxygen atoms in total. The van der Waals surface area contributed by atoms with Crippen LogP contribution in [0, 0.1) is 0 Å². The molecule has 2 N–H and O–H groups in total. The summed E-state index contributed by atoms with van der Waals surface area (Å²) in [5.74, 6) is 0.588. The van der Waals surface area contributed by atoms with Crippen molar-refractivity contribution in [3.8, 4) is 17.0 Å². The Morgan fingerprint density at radius 2 is 1.57 bits per heavy atom. The minimum atomic E-state index is -0.171. The monoisotopic (exact) mass is 304 g/mol. The SMILES string of the molecule is COc1cc(-c2ccccc2)cc(C(N)Cc2ccccc2)n1. The summed E-state index contributed by atoms with van der Waals surface area (Å²) >= 11 is 0. The van der Waals surface area contributed by atoms with Crippen molar-refractivity contribution in [1.82, 2.24) is 4.98 Å². The van der Waals surface area contributed by atoms with Gasteiger partial charge in [-0.2, -0.15) is 0 Å². The first-order valence-electron chi connectivity index (χ1n) is 7.67. The molecule has 23 heavy (non-hydrogen) atoms. The van der Waals surface area contributed by atoms with Crippen LogP contribution in [-0.2, 0) is 6.42 Å². The van der Waals surface area contributed by atoms with Crippen LogP contribution in [0.5, 0.6) is 5.88 Å². The van der Waals surface area contributed by atoms with Crippen molar-refractivity contribution < 1.29 is 4.74 Å². The molecule has 0 amide bonds. The lowest BCUT2D eigenvalue weighted by Crippen LogP contribution is -2.15. The highest BCUT2D eigenvalue weighted by Crippen LogP contribution is 2.26. The molecule has 3 heteroatoms. The standard InChI is InChI=1S/C20H20N2O/c1-23-20-14-17(16-10-6-3-7-11-16)13-19(22-20)18(21)12-15-8-4-2-5-9-15/h2-11,13-14,18H,12,21H2,1H3. The molecule has 0 bridgehead atoms. The maximum absolute atomic E-state index is 6.38. The second-order valence-electron chi connectivity index (χ2n) is 5.49. The van der Waals surface area contributed by atoms with Gasteiger partial charge in [0.25, 0.3) is 0 Å². The number of pyridine rings is 1. The van der Waals surface area contributed by atoms with Crippen LogP contribution >= 0.6 is 0 Å². The lowest BCUT2D eigenvalue weighted by molar-refractivity contribution is 0.395. The van der Waals surface area contributed by atoms with E-state index in [0.717, 1.165) is 23.2 Å². The summed E-state index contributed by atoms with van der Waals surface area (Å²) in [4.78, 5) is 4.53. The summed E-state index contributed by atoms with van der Waals surface area (Å²) in [5.41, 5.74) is 10.6. The highest BCUT2D eigenvalue weighted by atomic mass is 16.5. The normalized spacial score (nSPS) is 11.9. The molecule has 1 unspecified atom stereocenters. The molecule has 116 valence electrons. The molecule has 0 saturated heterocycles. The molecule has 0 radical (unpaired) electrons. The Labute approximate surface area is 136 Å². The van der Waals surface area contributed by atoms with E-state index < -0.39 is 0 Å². The molecule has 3 aromatic rings. The molecular weight excluding hydrogens is 284 g/mol. The van der Waals surface area contributed by atoms with Crippen molar-refractivity contribution in [2.75, 3.05) is 7.11 Å². The average molecular weight is 304 g/mol. The number of nitrogens with two attached hydrogens (primary N) is 1. The highest BCUT2D eigenvalue weighted by molar-refractivity contribution is 5.64.